The fourth-order valence-corrected chi connectivity index (χ4v) is 12.0. The molecule has 0 aromatic heterocycles. The maximum absolute atomic E-state index is 13.0. The molecule has 0 fully saturated rings. The van der Waals surface area contributed by atoms with Crippen LogP contribution in [-0.2, 0) is 65.4 Å². The van der Waals surface area contributed by atoms with Gasteiger partial charge in [-0.1, -0.05) is 304 Å². The number of rotatable bonds is 69. The second kappa shape index (κ2) is 62.5. The van der Waals surface area contributed by atoms with Crippen molar-refractivity contribution in [3.8, 4) is 0 Å². The molecule has 0 saturated carbocycles. The van der Waals surface area contributed by atoms with Gasteiger partial charge in [-0.2, -0.15) is 0 Å². The van der Waals surface area contributed by atoms with Crippen molar-refractivity contribution in [2.75, 3.05) is 39.6 Å². The molecule has 0 aliphatic rings. The molecular formula is C69H134O17P2. The van der Waals surface area contributed by atoms with E-state index < -0.39 is 97.5 Å². The van der Waals surface area contributed by atoms with Crippen LogP contribution in [0.5, 0.6) is 0 Å². The first kappa shape index (κ1) is 86.1. The van der Waals surface area contributed by atoms with Gasteiger partial charge in [0.15, 0.2) is 12.2 Å². The van der Waals surface area contributed by atoms with Crippen molar-refractivity contribution in [1.82, 2.24) is 0 Å². The Morgan fingerprint density at radius 3 is 0.773 bits per heavy atom. The normalized spacial score (nSPS) is 14.1. The summed E-state index contributed by atoms with van der Waals surface area (Å²) in [6.45, 7) is 7.16. The quantitative estimate of drug-likeness (QED) is 0.0222. The van der Waals surface area contributed by atoms with Gasteiger partial charge in [0.05, 0.1) is 26.4 Å². The molecule has 0 aromatic rings. The van der Waals surface area contributed by atoms with Gasteiger partial charge in [0.1, 0.15) is 19.3 Å². The number of hydrogen-bond acceptors (Lipinski definition) is 15. The Morgan fingerprint density at radius 1 is 0.307 bits per heavy atom. The van der Waals surface area contributed by atoms with Crippen molar-refractivity contribution in [2.24, 2.45) is 5.92 Å². The molecule has 5 atom stereocenters. The van der Waals surface area contributed by atoms with E-state index in [-0.39, 0.29) is 25.7 Å². The Balaban J connectivity index is 5.24. The van der Waals surface area contributed by atoms with E-state index >= 15 is 0 Å². The van der Waals surface area contributed by atoms with Crippen molar-refractivity contribution in [1.29, 1.82) is 0 Å². The van der Waals surface area contributed by atoms with E-state index in [2.05, 4.69) is 34.6 Å². The molecule has 17 nitrogen and oxygen atoms in total. The molecule has 88 heavy (non-hydrogen) atoms. The number of hydrogen-bond donors (Lipinski definition) is 3. The molecule has 0 spiro atoms. The number of ether oxygens (including phenoxy) is 4. The topological polar surface area (TPSA) is 237 Å². The van der Waals surface area contributed by atoms with Crippen molar-refractivity contribution >= 4 is 39.5 Å². The number of carbonyl (C=O) groups is 4. The smallest absolute Gasteiger partial charge is 0.462 e. The minimum Gasteiger partial charge on any atom is -0.462 e. The molecule has 0 rings (SSSR count). The van der Waals surface area contributed by atoms with Crippen LogP contribution in [-0.4, -0.2) is 96.7 Å². The molecule has 0 bridgehead atoms. The van der Waals surface area contributed by atoms with Crippen molar-refractivity contribution in [3.63, 3.8) is 0 Å². The van der Waals surface area contributed by atoms with Crippen LogP contribution in [0.25, 0.3) is 0 Å². The van der Waals surface area contributed by atoms with Crippen LogP contribution in [0.4, 0.5) is 0 Å². The van der Waals surface area contributed by atoms with E-state index in [9.17, 15) is 43.2 Å². The molecule has 0 aromatic carbocycles. The van der Waals surface area contributed by atoms with E-state index in [0.717, 1.165) is 96.3 Å². The molecule has 0 aliphatic heterocycles. The monoisotopic (exact) mass is 1300 g/mol. The average molecular weight is 1300 g/mol. The van der Waals surface area contributed by atoms with E-state index in [4.69, 9.17) is 37.0 Å². The first-order valence-corrected chi connectivity index (χ1v) is 39.1. The van der Waals surface area contributed by atoms with Crippen LogP contribution in [0.2, 0.25) is 0 Å². The van der Waals surface area contributed by atoms with Crippen LogP contribution in [0.15, 0.2) is 0 Å². The summed E-state index contributed by atoms with van der Waals surface area (Å²) in [4.78, 5) is 72.5. The van der Waals surface area contributed by atoms with Gasteiger partial charge in [-0.25, -0.2) is 9.13 Å². The summed E-state index contributed by atoms with van der Waals surface area (Å²) in [5.74, 6) is -1.44. The fraction of sp³-hybridized carbons (Fsp3) is 0.942. The average Bonchev–Trinajstić information content (AvgIpc) is 3.46. The number of unbranched alkanes of at least 4 members (excludes halogenated alkanes) is 41. The Morgan fingerprint density at radius 2 is 0.523 bits per heavy atom. The van der Waals surface area contributed by atoms with Gasteiger partial charge in [0.2, 0.25) is 0 Å². The van der Waals surface area contributed by atoms with Crippen molar-refractivity contribution in [2.45, 2.75) is 374 Å². The lowest BCUT2D eigenvalue weighted by Crippen LogP contribution is -2.30. The van der Waals surface area contributed by atoms with Gasteiger partial charge >= 0.3 is 39.5 Å². The van der Waals surface area contributed by atoms with Crippen LogP contribution < -0.4 is 0 Å². The summed E-state index contributed by atoms with van der Waals surface area (Å²) in [5, 5.41) is 10.6. The summed E-state index contributed by atoms with van der Waals surface area (Å²) < 4.78 is 68.2. The molecule has 0 radical (unpaired) electrons. The summed E-state index contributed by atoms with van der Waals surface area (Å²) >= 11 is 0. The van der Waals surface area contributed by atoms with Gasteiger partial charge in [0.25, 0.3) is 0 Å². The van der Waals surface area contributed by atoms with E-state index in [0.29, 0.717) is 31.6 Å². The Bertz CT molecular complexity index is 1700. The van der Waals surface area contributed by atoms with Crippen LogP contribution in [0, 0.1) is 5.92 Å². The summed E-state index contributed by atoms with van der Waals surface area (Å²) in [6.07, 6.45) is 48.5. The van der Waals surface area contributed by atoms with Gasteiger partial charge in [-0.15, -0.1) is 0 Å². The predicted octanol–water partition coefficient (Wildman–Crippen LogP) is 19.7. The zero-order valence-electron chi connectivity index (χ0n) is 56.9. The highest BCUT2D eigenvalue weighted by Crippen LogP contribution is 2.45. The first-order chi connectivity index (χ1) is 42.5. The van der Waals surface area contributed by atoms with E-state index in [1.54, 1.807) is 0 Å². The zero-order valence-corrected chi connectivity index (χ0v) is 58.6. The number of phosphoric acid groups is 2. The summed E-state index contributed by atoms with van der Waals surface area (Å²) in [6, 6.07) is 0. The third-order valence-electron chi connectivity index (χ3n) is 16.0. The Hall–Kier alpha value is -1.94. The Kier molecular flexibility index (Phi) is 61.1. The highest BCUT2D eigenvalue weighted by Gasteiger charge is 2.30. The minimum absolute atomic E-state index is 0.106. The van der Waals surface area contributed by atoms with E-state index in [1.807, 2.05) is 0 Å². The van der Waals surface area contributed by atoms with Crippen molar-refractivity contribution in [3.05, 3.63) is 0 Å². The SMILES string of the molecule is CCCCCCCCCCCCCCCCC(=O)O[C@H](COC(=O)CCCCCCCCCCCCCCC)COP(=O)(O)OC[C@@H](O)COP(=O)(O)OC[C@@H](COC(=O)CCCCCCCCC(C)C)OC(=O)CCCCCCCCCCCCCC. The summed E-state index contributed by atoms with van der Waals surface area (Å²) in [7, 11) is -9.89. The van der Waals surface area contributed by atoms with Gasteiger partial charge < -0.3 is 33.8 Å². The second-order valence-electron chi connectivity index (χ2n) is 25.4. The van der Waals surface area contributed by atoms with Gasteiger partial charge in [-0.05, 0) is 31.6 Å². The molecule has 0 aliphatic carbocycles. The molecule has 3 N–H and O–H groups in total. The third kappa shape index (κ3) is 62.8. The molecule has 522 valence electrons. The molecule has 0 saturated heterocycles. The molecular weight excluding hydrogens is 1160 g/mol. The number of esters is 4. The van der Waals surface area contributed by atoms with Gasteiger partial charge in [-0.3, -0.25) is 37.3 Å². The fourth-order valence-electron chi connectivity index (χ4n) is 10.5. The lowest BCUT2D eigenvalue weighted by Gasteiger charge is -2.21. The minimum atomic E-state index is -4.95. The Labute approximate surface area is 537 Å². The highest BCUT2D eigenvalue weighted by atomic mass is 31.2. The maximum Gasteiger partial charge on any atom is 0.472 e. The van der Waals surface area contributed by atoms with Crippen molar-refractivity contribution < 1.29 is 80.2 Å². The summed E-state index contributed by atoms with van der Waals surface area (Å²) in [5.41, 5.74) is 0. The van der Waals surface area contributed by atoms with E-state index in [1.165, 1.54) is 173 Å². The molecule has 2 unspecified atom stereocenters. The van der Waals surface area contributed by atoms with Crippen LogP contribution >= 0.6 is 15.6 Å². The zero-order chi connectivity index (χ0) is 64.9. The molecule has 0 amide bonds. The maximum atomic E-state index is 13.0. The first-order valence-electron chi connectivity index (χ1n) is 36.1. The molecule has 0 heterocycles. The van der Waals surface area contributed by atoms with Crippen LogP contribution in [0.3, 0.4) is 0 Å². The second-order valence-corrected chi connectivity index (χ2v) is 28.3. The highest BCUT2D eigenvalue weighted by molar-refractivity contribution is 7.47. The predicted molar refractivity (Wildman–Crippen MR) is 354 cm³/mol. The third-order valence-corrected chi connectivity index (χ3v) is 17.9. The molecule has 19 heteroatoms. The van der Waals surface area contributed by atoms with Crippen LogP contribution in [0.1, 0.15) is 356 Å². The number of aliphatic hydroxyl groups is 1. The standard InChI is InChI=1S/C69H134O17P2/c1-6-9-12-15-18-21-24-27-29-32-35-38-45-50-55-69(74)85-64(58-79-66(71)52-47-42-36-33-31-28-25-22-19-16-13-10-7-2)60-83-87(75,76)81-56-63(70)57-82-88(77,78)84-61-65(59-80-67(72)53-48-43-40-39-41-46-51-62(4)5)86-68(73)54-49-44-37-34-30-26-23-20-17-14-11-8-3/h62-65,70H,6-61H2,1-5H3,(H,75,76)(H,77,78)/t63-,64-,65-/m1/s1. The largest absolute Gasteiger partial charge is 0.472 e. The number of aliphatic hydroxyl groups excluding tert-OH is 1. The number of phosphoric ester groups is 2. The lowest BCUT2D eigenvalue weighted by atomic mass is 10.0. The van der Waals surface area contributed by atoms with Gasteiger partial charge in [0, 0.05) is 25.7 Å². The lowest BCUT2D eigenvalue weighted by molar-refractivity contribution is -0.161. The number of carbonyl (C=O) groups excluding carboxylic acids is 4.